The zero-order chi connectivity index (χ0) is 7.61. The monoisotopic (exact) mass is 143 g/mol. The van der Waals surface area contributed by atoms with Crippen LogP contribution in [0.4, 0.5) is 0 Å². The van der Waals surface area contributed by atoms with Gasteiger partial charge in [0.1, 0.15) is 0 Å². The molecule has 58 valence electrons. The van der Waals surface area contributed by atoms with Crippen molar-refractivity contribution in [3.8, 4) is 0 Å². The lowest BCUT2D eigenvalue weighted by Crippen LogP contribution is -2.32. The van der Waals surface area contributed by atoms with Gasteiger partial charge in [-0.1, -0.05) is 6.92 Å². The Balaban J connectivity index is 2.67. The highest BCUT2D eigenvalue weighted by molar-refractivity contribution is 5.75. The lowest BCUT2D eigenvalue weighted by Gasteiger charge is -2.19. The van der Waals surface area contributed by atoms with Crippen molar-refractivity contribution in [1.82, 2.24) is 5.32 Å². The largest absolute Gasteiger partial charge is 0.481 e. The van der Waals surface area contributed by atoms with Gasteiger partial charge in [0.25, 0.3) is 0 Å². The third-order valence-corrected chi connectivity index (χ3v) is 2.37. The predicted molar refractivity (Wildman–Crippen MR) is 37.8 cm³/mol. The average molecular weight is 143 g/mol. The molecule has 0 saturated carbocycles. The van der Waals surface area contributed by atoms with E-state index in [1.165, 1.54) is 0 Å². The van der Waals surface area contributed by atoms with Crippen LogP contribution in [0, 0.1) is 5.41 Å². The van der Waals surface area contributed by atoms with E-state index in [4.69, 9.17) is 5.11 Å². The highest BCUT2D eigenvalue weighted by atomic mass is 16.4. The van der Waals surface area contributed by atoms with E-state index < -0.39 is 11.4 Å². The first-order valence-corrected chi connectivity index (χ1v) is 3.65. The predicted octanol–water partition coefficient (Wildman–Crippen LogP) is 0.461. The second kappa shape index (κ2) is 2.58. The molecule has 3 nitrogen and oxygen atoms in total. The summed E-state index contributed by atoms with van der Waals surface area (Å²) < 4.78 is 0. The smallest absolute Gasteiger partial charge is 0.310 e. The van der Waals surface area contributed by atoms with Crippen LogP contribution >= 0.6 is 0 Å². The number of hydrogen-bond donors (Lipinski definition) is 2. The lowest BCUT2D eigenvalue weighted by molar-refractivity contribution is -0.147. The molecule has 1 aliphatic rings. The van der Waals surface area contributed by atoms with Crippen molar-refractivity contribution in [1.29, 1.82) is 0 Å². The molecule has 0 amide bonds. The number of aliphatic carboxylic acids is 1. The van der Waals surface area contributed by atoms with Crippen LogP contribution in [0.5, 0.6) is 0 Å². The summed E-state index contributed by atoms with van der Waals surface area (Å²) in [6.45, 7) is 3.42. The molecule has 1 rings (SSSR count). The first kappa shape index (κ1) is 7.54. The van der Waals surface area contributed by atoms with Crippen molar-refractivity contribution in [3.05, 3.63) is 0 Å². The molecule has 0 aromatic carbocycles. The molecule has 10 heavy (non-hydrogen) atoms. The van der Waals surface area contributed by atoms with Crippen LogP contribution in [0.1, 0.15) is 19.8 Å². The average Bonchev–Trinajstić information content (AvgIpc) is 2.35. The minimum atomic E-state index is -0.653. The minimum Gasteiger partial charge on any atom is -0.481 e. The van der Waals surface area contributed by atoms with Gasteiger partial charge in [-0.2, -0.15) is 0 Å². The van der Waals surface area contributed by atoms with E-state index in [-0.39, 0.29) is 0 Å². The van der Waals surface area contributed by atoms with Gasteiger partial charge in [-0.25, -0.2) is 0 Å². The van der Waals surface area contributed by atoms with Gasteiger partial charge in [0.15, 0.2) is 0 Å². The van der Waals surface area contributed by atoms with Crippen molar-refractivity contribution in [2.45, 2.75) is 19.8 Å². The van der Waals surface area contributed by atoms with E-state index in [1.807, 2.05) is 6.92 Å². The van der Waals surface area contributed by atoms with Gasteiger partial charge in [-0.15, -0.1) is 0 Å². The standard InChI is InChI=1S/C7H13NO2/c1-2-7(6(9)10)3-4-8-5-7/h8H,2-5H2,1H3,(H,9,10)/t7-/m0/s1. The highest BCUT2D eigenvalue weighted by Crippen LogP contribution is 2.29. The third-order valence-electron chi connectivity index (χ3n) is 2.37. The summed E-state index contributed by atoms with van der Waals surface area (Å²) in [4.78, 5) is 10.7. The van der Waals surface area contributed by atoms with Gasteiger partial charge in [0, 0.05) is 6.54 Å². The quantitative estimate of drug-likeness (QED) is 0.590. The second-order valence-electron chi connectivity index (χ2n) is 2.87. The van der Waals surface area contributed by atoms with Crippen molar-refractivity contribution >= 4 is 5.97 Å². The maximum absolute atomic E-state index is 10.7. The van der Waals surface area contributed by atoms with Crippen LogP contribution in [-0.4, -0.2) is 24.2 Å². The molecule has 1 aliphatic heterocycles. The SMILES string of the molecule is CC[C@]1(C(=O)O)CCNC1. The fraction of sp³-hybridized carbons (Fsp3) is 0.857. The van der Waals surface area contributed by atoms with Crippen LogP contribution in [0.15, 0.2) is 0 Å². The van der Waals surface area contributed by atoms with E-state index in [9.17, 15) is 4.79 Å². The van der Waals surface area contributed by atoms with Crippen molar-refractivity contribution in [3.63, 3.8) is 0 Å². The topological polar surface area (TPSA) is 49.3 Å². The van der Waals surface area contributed by atoms with Crippen molar-refractivity contribution in [2.75, 3.05) is 13.1 Å². The lowest BCUT2D eigenvalue weighted by atomic mass is 9.85. The molecule has 0 aromatic heterocycles. The number of hydrogen-bond acceptors (Lipinski definition) is 2. The molecular formula is C7H13NO2. The first-order valence-electron chi connectivity index (χ1n) is 3.65. The summed E-state index contributed by atoms with van der Waals surface area (Å²) in [6, 6.07) is 0. The summed E-state index contributed by atoms with van der Waals surface area (Å²) >= 11 is 0. The summed E-state index contributed by atoms with van der Waals surface area (Å²) in [5.74, 6) is -0.653. The molecule has 0 aromatic rings. The zero-order valence-electron chi connectivity index (χ0n) is 6.18. The second-order valence-corrected chi connectivity index (χ2v) is 2.87. The number of rotatable bonds is 2. The molecule has 1 saturated heterocycles. The number of carbonyl (C=O) groups is 1. The first-order chi connectivity index (χ1) is 4.71. The normalized spacial score (nSPS) is 32.5. The Kier molecular flexibility index (Phi) is 1.94. The Morgan fingerprint density at radius 1 is 1.80 bits per heavy atom. The Bertz CT molecular complexity index is 139. The Hall–Kier alpha value is -0.570. The maximum Gasteiger partial charge on any atom is 0.310 e. The zero-order valence-corrected chi connectivity index (χ0v) is 6.18. The number of carboxylic acid groups (broad SMARTS) is 1. The molecular weight excluding hydrogens is 130 g/mol. The number of nitrogens with one attached hydrogen (secondary N) is 1. The van der Waals surface area contributed by atoms with E-state index >= 15 is 0 Å². The molecule has 1 heterocycles. The molecule has 0 unspecified atom stereocenters. The molecule has 0 spiro atoms. The van der Waals surface area contributed by atoms with E-state index in [0.717, 1.165) is 19.4 Å². The third kappa shape index (κ3) is 1.01. The Morgan fingerprint density at radius 2 is 2.50 bits per heavy atom. The molecule has 1 fully saturated rings. The van der Waals surface area contributed by atoms with Gasteiger partial charge >= 0.3 is 5.97 Å². The molecule has 3 heteroatoms. The van der Waals surface area contributed by atoms with Crippen molar-refractivity contribution in [2.24, 2.45) is 5.41 Å². The van der Waals surface area contributed by atoms with Crippen LogP contribution in [0.25, 0.3) is 0 Å². The van der Waals surface area contributed by atoms with Crippen LogP contribution < -0.4 is 5.32 Å². The molecule has 0 radical (unpaired) electrons. The fourth-order valence-corrected chi connectivity index (χ4v) is 1.38. The summed E-state index contributed by atoms with van der Waals surface area (Å²) in [6.07, 6.45) is 1.51. The Morgan fingerprint density at radius 3 is 2.70 bits per heavy atom. The minimum absolute atomic E-state index is 0.458. The summed E-state index contributed by atoms with van der Waals surface area (Å²) in [7, 11) is 0. The highest BCUT2D eigenvalue weighted by Gasteiger charge is 2.39. The van der Waals surface area contributed by atoms with Gasteiger partial charge in [-0.3, -0.25) is 4.79 Å². The molecule has 2 N–H and O–H groups in total. The Labute approximate surface area is 60.4 Å². The van der Waals surface area contributed by atoms with E-state index in [2.05, 4.69) is 5.32 Å². The van der Waals surface area contributed by atoms with Crippen molar-refractivity contribution < 1.29 is 9.90 Å². The van der Waals surface area contributed by atoms with Crippen LogP contribution in [0.2, 0.25) is 0 Å². The molecule has 1 atom stereocenters. The number of carboxylic acids is 1. The fourth-order valence-electron chi connectivity index (χ4n) is 1.38. The maximum atomic E-state index is 10.7. The molecule has 0 aliphatic carbocycles. The summed E-state index contributed by atoms with van der Waals surface area (Å²) in [5.41, 5.74) is -0.458. The van der Waals surface area contributed by atoms with Gasteiger partial charge in [-0.05, 0) is 19.4 Å². The van der Waals surface area contributed by atoms with E-state index in [1.54, 1.807) is 0 Å². The van der Waals surface area contributed by atoms with Crippen LogP contribution in [-0.2, 0) is 4.79 Å². The molecule has 0 bridgehead atoms. The van der Waals surface area contributed by atoms with Gasteiger partial charge < -0.3 is 10.4 Å². The van der Waals surface area contributed by atoms with Crippen LogP contribution in [0.3, 0.4) is 0 Å². The summed E-state index contributed by atoms with van der Waals surface area (Å²) in [5, 5.41) is 11.9. The van der Waals surface area contributed by atoms with Gasteiger partial charge in [0.05, 0.1) is 5.41 Å². The van der Waals surface area contributed by atoms with E-state index in [0.29, 0.717) is 6.54 Å². The van der Waals surface area contributed by atoms with Gasteiger partial charge in [0.2, 0.25) is 0 Å².